The summed E-state index contributed by atoms with van der Waals surface area (Å²) in [5, 5.41) is 12.6. The van der Waals surface area contributed by atoms with E-state index in [1.54, 1.807) is 13.0 Å². The molecule has 0 spiro atoms. The van der Waals surface area contributed by atoms with Crippen LogP contribution in [-0.4, -0.2) is 45.1 Å². The number of β-amino-alcohol motifs (C(OH)–C–C–N with tert-alkyl or cyclic N) is 1. The summed E-state index contributed by atoms with van der Waals surface area (Å²) in [6, 6.07) is 5.74. The number of nitrogens with zero attached hydrogens (tertiary/aromatic N) is 2. The van der Waals surface area contributed by atoms with E-state index in [9.17, 15) is 23.9 Å². The lowest BCUT2D eigenvalue weighted by atomic mass is 9.97. The van der Waals surface area contributed by atoms with Crippen molar-refractivity contribution in [1.29, 1.82) is 0 Å². The molecule has 9 heteroatoms. The summed E-state index contributed by atoms with van der Waals surface area (Å²) in [4.78, 5) is 40.8. The number of hydrogen-bond donors (Lipinski definition) is 2. The number of carbonyl (C=O) groups excluding carboxylic acids is 2. The van der Waals surface area contributed by atoms with Crippen LogP contribution in [0.1, 0.15) is 47.4 Å². The van der Waals surface area contributed by atoms with Gasteiger partial charge in [-0.2, -0.15) is 0 Å². The molecule has 1 aromatic heterocycles. The molecule has 2 aromatic rings. The van der Waals surface area contributed by atoms with Gasteiger partial charge in [-0.05, 0) is 42.7 Å². The van der Waals surface area contributed by atoms with Gasteiger partial charge < -0.3 is 19.9 Å². The molecule has 2 N–H and O–H groups in total. The Bertz CT molecular complexity index is 1300. The molecule has 0 saturated carbocycles. The van der Waals surface area contributed by atoms with Gasteiger partial charge in [0.1, 0.15) is 17.9 Å². The highest BCUT2D eigenvalue weighted by Crippen LogP contribution is 2.23. The Kier molecular flexibility index (Phi) is 6.96. The first-order valence-electron chi connectivity index (χ1n) is 11.4. The maximum Gasteiger partial charge on any atom is 0.264 e. The Morgan fingerprint density at radius 3 is 2.66 bits per heavy atom. The van der Waals surface area contributed by atoms with Crippen LogP contribution >= 0.6 is 11.6 Å². The molecule has 1 aromatic carbocycles. The summed E-state index contributed by atoms with van der Waals surface area (Å²) >= 11 is 5.71. The highest BCUT2D eigenvalue weighted by atomic mass is 35.5. The number of rotatable bonds is 6. The minimum absolute atomic E-state index is 0.00259. The number of halogens is 2. The molecule has 1 aliphatic carbocycles. The normalized spacial score (nSPS) is 16.1. The Morgan fingerprint density at radius 1 is 1.26 bits per heavy atom. The lowest BCUT2D eigenvalue weighted by molar-refractivity contribution is -0.153. The average molecular weight is 500 g/mol. The van der Waals surface area contributed by atoms with Gasteiger partial charge >= 0.3 is 0 Å². The van der Waals surface area contributed by atoms with E-state index in [2.05, 4.69) is 5.32 Å². The molecule has 0 unspecified atom stereocenters. The van der Waals surface area contributed by atoms with Crippen molar-refractivity contribution in [2.75, 3.05) is 13.1 Å². The van der Waals surface area contributed by atoms with Crippen LogP contribution in [-0.2, 0) is 24.3 Å². The number of aliphatic hydroxyl groups is 1. The van der Waals surface area contributed by atoms with E-state index in [-0.39, 0.29) is 42.7 Å². The fourth-order valence-corrected chi connectivity index (χ4v) is 4.43. The van der Waals surface area contributed by atoms with Crippen LogP contribution in [0.4, 0.5) is 4.39 Å². The predicted molar refractivity (Wildman–Crippen MR) is 132 cm³/mol. The molecule has 0 bridgehead atoms. The maximum absolute atomic E-state index is 13.7. The average Bonchev–Trinajstić information content (AvgIpc) is 3.01. The number of allylic oxidation sites excluding steroid dienone is 3. The molecule has 2 aliphatic rings. The minimum atomic E-state index is -0.929. The van der Waals surface area contributed by atoms with Gasteiger partial charge in [-0.1, -0.05) is 48.4 Å². The predicted octanol–water partition coefficient (Wildman–Crippen LogP) is 3.07. The Labute approximate surface area is 207 Å². The van der Waals surface area contributed by atoms with Crippen molar-refractivity contribution in [2.45, 2.75) is 45.4 Å². The molecule has 35 heavy (non-hydrogen) atoms. The largest absolute Gasteiger partial charge is 0.386 e. The fourth-order valence-electron chi connectivity index (χ4n) is 4.32. The fraction of sp³-hybridized carbons (Fsp3) is 0.346. The highest BCUT2D eigenvalue weighted by Gasteiger charge is 2.39. The van der Waals surface area contributed by atoms with Gasteiger partial charge in [0.25, 0.3) is 11.5 Å². The molecule has 1 saturated heterocycles. The van der Waals surface area contributed by atoms with Crippen LogP contribution in [0.2, 0.25) is 5.02 Å². The number of benzene rings is 1. The molecule has 0 atom stereocenters. The van der Waals surface area contributed by atoms with E-state index < -0.39 is 22.9 Å². The van der Waals surface area contributed by atoms with Crippen LogP contribution in [0.15, 0.2) is 46.8 Å². The number of carbonyl (C=O) groups is 2. The van der Waals surface area contributed by atoms with E-state index >= 15 is 0 Å². The number of hydrogen-bond acceptors (Lipinski definition) is 4. The first-order chi connectivity index (χ1) is 16.6. The molecule has 1 fully saturated rings. The first-order valence-corrected chi connectivity index (χ1v) is 11.8. The molecule has 2 heterocycles. The van der Waals surface area contributed by atoms with Crippen LogP contribution in [0.5, 0.6) is 0 Å². The second-order valence-corrected chi connectivity index (χ2v) is 9.65. The van der Waals surface area contributed by atoms with Gasteiger partial charge in [0.2, 0.25) is 5.91 Å². The number of pyridine rings is 1. The Balaban J connectivity index is 1.65. The van der Waals surface area contributed by atoms with Crippen molar-refractivity contribution in [2.24, 2.45) is 0 Å². The SMILES string of the molecule is CCC1=CC=Cc2cc(C(=O)NCc3ccc(Cl)c(F)c3)c(=O)n(CC(=O)N3CC(C)(O)C3)c2C1. The maximum atomic E-state index is 13.7. The topological polar surface area (TPSA) is 91.6 Å². The third-order valence-corrected chi connectivity index (χ3v) is 6.59. The number of amides is 2. The van der Waals surface area contributed by atoms with Crippen molar-refractivity contribution in [1.82, 2.24) is 14.8 Å². The summed E-state index contributed by atoms with van der Waals surface area (Å²) < 4.78 is 15.1. The molecule has 2 amide bonds. The van der Waals surface area contributed by atoms with Gasteiger partial charge in [0, 0.05) is 18.7 Å². The standard InChI is InChI=1S/C26H27ClFN3O4/c1-3-16-5-4-6-18-11-19(24(33)29-12-17-7-8-20(27)21(28)9-17)25(34)31(22(18)10-16)13-23(32)30-14-26(2,35)15-30/h4-9,11,35H,3,10,12-15H2,1-2H3,(H,29,33). The van der Waals surface area contributed by atoms with Gasteiger partial charge in [-0.15, -0.1) is 0 Å². The Morgan fingerprint density at radius 2 is 2.00 bits per heavy atom. The third kappa shape index (κ3) is 5.39. The zero-order valence-electron chi connectivity index (χ0n) is 19.6. The molecule has 1 aliphatic heterocycles. The van der Waals surface area contributed by atoms with Gasteiger partial charge in [0.05, 0.1) is 23.7 Å². The lowest BCUT2D eigenvalue weighted by Crippen LogP contribution is -2.62. The van der Waals surface area contributed by atoms with Crippen LogP contribution in [0.25, 0.3) is 6.08 Å². The minimum Gasteiger partial charge on any atom is -0.386 e. The van der Waals surface area contributed by atoms with E-state index in [1.807, 2.05) is 25.2 Å². The molecule has 0 radical (unpaired) electrons. The van der Waals surface area contributed by atoms with Crippen molar-refractivity contribution < 1.29 is 19.1 Å². The molecule has 184 valence electrons. The van der Waals surface area contributed by atoms with Crippen molar-refractivity contribution in [3.05, 3.63) is 85.6 Å². The van der Waals surface area contributed by atoms with E-state index in [0.29, 0.717) is 23.2 Å². The zero-order valence-corrected chi connectivity index (χ0v) is 20.4. The summed E-state index contributed by atoms with van der Waals surface area (Å²) in [5.74, 6) is -1.52. The van der Waals surface area contributed by atoms with E-state index in [4.69, 9.17) is 11.6 Å². The highest BCUT2D eigenvalue weighted by molar-refractivity contribution is 6.30. The molecular weight excluding hydrogens is 473 g/mol. The van der Waals surface area contributed by atoms with Crippen LogP contribution < -0.4 is 10.9 Å². The number of nitrogens with one attached hydrogen (secondary N) is 1. The zero-order chi connectivity index (χ0) is 25.3. The number of aromatic nitrogens is 1. The number of likely N-dealkylation sites (tertiary alicyclic amines) is 1. The van der Waals surface area contributed by atoms with Crippen LogP contribution in [0.3, 0.4) is 0 Å². The third-order valence-electron chi connectivity index (χ3n) is 6.28. The summed E-state index contributed by atoms with van der Waals surface area (Å²) in [5.41, 5.74) is 1.31. The van der Waals surface area contributed by atoms with Crippen molar-refractivity contribution in [3.63, 3.8) is 0 Å². The molecular formula is C26H27ClFN3O4. The van der Waals surface area contributed by atoms with Crippen molar-refractivity contribution in [3.8, 4) is 0 Å². The molecule has 4 rings (SSSR count). The second-order valence-electron chi connectivity index (χ2n) is 9.24. The summed E-state index contributed by atoms with van der Waals surface area (Å²) in [6.45, 7) is 3.83. The second kappa shape index (κ2) is 9.79. The quantitative estimate of drug-likeness (QED) is 0.639. The monoisotopic (exact) mass is 499 g/mol. The van der Waals surface area contributed by atoms with Crippen molar-refractivity contribution >= 4 is 29.5 Å². The van der Waals surface area contributed by atoms with Gasteiger partial charge in [-0.25, -0.2) is 4.39 Å². The Hall–Kier alpha value is -3.23. The van der Waals surface area contributed by atoms with Crippen LogP contribution in [0, 0.1) is 5.82 Å². The van der Waals surface area contributed by atoms with E-state index in [1.165, 1.54) is 27.7 Å². The smallest absolute Gasteiger partial charge is 0.264 e. The number of fused-ring (bicyclic) bond motifs is 1. The van der Waals surface area contributed by atoms with Gasteiger partial charge in [-0.3, -0.25) is 14.4 Å². The van der Waals surface area contributed by atoms with E-state index in [0.717, 1.165) is 12.0 Å². The summed E-state index contributed by atoms with van der Waals surface area (Å²) in [6.07, 6.45) is 6.91. The first kappa shape index (κ1) is 24.9. The van der Waals surface area contributed by atoms with Gasteiger partial charge in [0.15, 0.2) is 0 Å². The summed E-state index contributed by atoms with van der Waals surface area (Å²) in [7, 11) is 0. The lowest BCUT2D eigenvalue weighted by Gasteiger charge is -2.44. The molecule has 7 nitrogen and oxygen atoms in total.